The molecule has 0 amide bonds. The van der Waals surface area contributed by atoms with Crippen molar-refractivity contribution in [2.75, 3.05) is 6.61 Å². The van der Waals surface area contributed by atoms with Crippen molar-refractivity contribution in [3.63, 3.8) is 0 Å². The van der Waals surface area contributed by atoms with Crippen LogP contribution in [0.4, 0.5) is 0 Å². The summed E-state index contributed by atoms with van der Waals surface area (Å²) >= 11 is 0. The van der Waals surface area contributed by atoms with Crippen LogP contribution in [0.3, 0.4) is 0 Å². The third-order valence-electron chi connectivity index (χ3n) is 4.87. The summed E-state index contributed by atoms with van der Waals surface area (Å²) in [4.78, 5) is 31.9. The highest BCUT2D eigenvalue weighted by molar-refractivity contribution is 5.14. The van der Waals surface area contributed by atoms with Crippen LogP contribution in [-0.2, 0) is 20.9 Å². The second kappa shape index (κ2) is 7.05. The van der Waals surface area contributed by atoms with Crippen molar-refractivity contribution < 1.29 is 14.3 Å². The summed E-state index contributed by atoms with van der Waals surface area (Å²) in [5.74, 6) is -0.643. The minimum absolute atomic E-state index is 0.0872. The fourth-order valence-corrected chi connectivity index (χ4v) is 3.58. The first kappa shape index (κ1) is 18.1. The van der Waals surface area contributed by atoms with E-state index in [0.717, 1.165) is 5.56 Å². The van der Waals surface area contributed by atoms with E-state index in [1.807, 2.05) is 49.2 Å². The molecular weight excluding hydrogens is 350 g/mol. The summed E-state index contributed by atoms with van der Waals surface area (Å²) in [5, 5.41) is 1.85. The molecule has 2 aliphatic rings. The maximum absolute atomic E-state index is 12.2. The van der Waals surface area contributed by atoms with Crippen molar-refractivity contribution in [3.05, 3.63) is 69.0 Å². The second-order valence-corrected chi connectivity index (χ2v) is 7.31. The quantitative estimate of drug-likeness (QED) is 0.872. The molecule has 3 heterocycles. The van der Waals surface area contributed by atoms with Crippen molar-refractivity contribution in [1.29, 1.82) is 0 Å². The van der Waals surface area contributed by atoms with Gasteiger partial charge in [0, 0.05) is 25.2 Å². The zero-order valence-electron chi connectivity index (χ0n) is 15.3. The normalized spacial score (nSPS) is 27.9. The van der Waals surface area contributed by atoms with Gasteiger partial charge in [-0.3, -0.25) is 19.2 Å². The Morgan fingerprint density at radius 3 is 2.63 bits per heavy atom. The van der Waals surface area contributed by atoms with Crippen LogP contribution in [0.15, 0.2) is 52.2 Å². The Hall–Kier alpha value is -2.26. The van der Waals surface area contributed by atoms with Gasteiger partial charge in [0.1, 0.15) is 6.10 Å². The summed E-state index contributed by atoms with van der Waals surface area (Å²) in [5.41, 5.74) is 0.174. The molecule has 0 unspecified atom stereocenters. The first-order valence-corrected chi connectivity index (χ1v) is 9.02. The van der Waals surface area contributed by atoms with Gasteiger partial charge in [-0.25, -0.2) is 4.79 Å². The molecule has 4 rings (SSSR count). The highest BCUT2D eigenvalue weighted by atomic mass is 16.8. The minimum Gasteiger partial charge on any atom is -0.348 e. The van der Waals surface area contributed by atoms with Gasteiger partial charge < -0.3 is 9.47 Å². The Bertz CT molecular complexity index is 907. The van der Waals surface area contributed by atoms with Crippen molar-refractivity contribution in [2.45, 2.75) is 51.0 Å². The summed E-state index contributed by atoms with van der Waals surface area (Å²) in [6.45, 7) is 4.78. The van der Waals surface area contributed by atoms with Crippen molar-refractivity contribution in [2.24, 2.45) is 0 Å². The molecule has 0 radical (unpaired) electrons. The van der Waals surface area contributed by atoms with E-state index < -0.39 is 23.3 Å². The first-order valence-electron chi connectivity index (χ1n) is 9.02. The fourth-order valence-electron chi connectivity index (χ4n) is 3.58. The molecule has 1 aromatic carbocycles. The van der Waals surface area contributed by atoms with Gasteiger partial charge in [-0.2, -0.15) is 5.06 Å². The van der Waals surface area contributed by atoms with Crippen LogP contribution in [0.1, 0.15) is 32.1 Å². The molecule has 8 nitrogen and oxygen atoms in total. The minimum atomic E-state index is -0.643. The van der Waals surface area contributed by atoms with Gasteiger partial charge >= 0.3 is 5.69 Å². The molecule has 0 saturated carbocycles. The number of H-pyrrole nitrogens is 1. The van der Waals surface area contributed by atoms with E-state index in [1.165, 1.54) is 16.8 Å². The van der Waals surface area contributed by atoms with Crippen LogP contribution in [0, 0.1) is 0 Å². The molecule has 144 valence electrons. The van der Waals surface area contributed by atoms with Gasteiger partial charge in [0.2, 0.25) is 0 Å². The maximum Gasteiger partial charge on any atom is 0.330 e. The SMILES string of the molecule is CC1(C)OC[C@H]([C@@H]2C[C@H](n3ccc(=O)[nH]c3=O)ON2Cc2ccccc2)O1. The molecule has 0 bridgehead atoms. The van der Waals surface area contributed by atoms with Gasteiger partial charge in [0.05, 0.1) is 12.6 Å². The average Bonchev–Trinajstić information content (AvgIpc) is 3.19. The predicted octanol–water partition coefficient (Wildman–Crippen LogP) is 1.39. The first-order chi connectivity index (χ1) is 12.9. The molecule has 2 fully saturated rings. The molecule has 3 atom stereocenters. The molecule has 0 aliphatic carbocycles. The number of aromatic nitrogens is 2. The van der Waals surface area contributed by atoms with Crippen LogP contribution in [0.2, 0.25) is 0 Å². The highest BCUT2D eigenvalue weighted by Gasteiger charge is 2.45. The van der Waals surface area contributed by atoms with E-state index in [9.17, 15) is 9.59 Å². The number of ether oxygens (including phenoxy) is 2. The monoisotopic (exact) mass is 373 g/mol. The topological polar surface area (TPSA) is 85.8 Å². The van der Waals surface area contributed by atoms with Crippen molar-refractivity contribution >= 4 is 0 Å². The molecule has 27 heavy (non-hydrogen) atoms. The number of aromatic amines is 1. The number of rotatable bonds is 4. The predicted molar refractivity (Wildman–Crippen MR) is 96.7 cm³/mol. The Labute approximate surface area is 156 Å². The Morgan fingerprint density at radius 1 is 1.19 bits per heavy atom. The van der Waals surface area contributed by atoms with Crippen molar-refractivity contribution in [3.8, 4) is 0 Å². The van der Waals surface area contributed by atoms with Gasteiger partial charge in [0.15, 0.2) is 12.0 Å². The summed E-state index contributed by atoms with van der Waals surface area (Å²) in [7, 11) is 0. The van der Waals surface area contributed by atoms with E-state index in [-0.39, 0.29) is 12.1 Å². The third-order valence-corrected chi connectivity index (χ3v) is 4.87. The lowest BCUT2D eigenvalue weighted by Crippen LogP contribution is -2.40. The zero-order chi connectivity index (χ0) is 19.0. The number of benzene rings is 1. The standard InChI is InChI=1S/C19H23N3O5/c1-19(2)25-12-15(26-19)14-10-17(21-9-8-16(23)20-18(21)24)27-22(14)11-13-6-4-3-5-7-13/h3-9,14-15,17H,10-12H2,1-2H3,(H,20,23,24)/t14-,15+,17+/m0/s1. The van der Waals surface area contributed by atoms with Gasteiger partial charge in [-0.05, 0) is 19.4 Å². The zero-order valence-corrected chi connectivity index (χ0v) is 15.3. The third kappa shape index (κ3) is 3.89. The highest BCUT2D eigenvalue weighted by Crippen LogP contribution is 2.36. The molecule has 2 aromatic rings. The van der Waals surface area contributed by atoms with E-state index in [2.05, 4.69) is 4.98 Å². The Morgan fingerprint density at radius 2 is 1.96 bits per heavy atom. The lowest BCUT2D eigenvalue weighted by molar-refractivity contribution is -0.209. The molecule has 2 aliphatic heterocycles. The Balaban J connectivity index is 1.60. The number of hydrogen-bond acceptors (Lipinski definition) is 6. The summed E-state index contributed by atoms with van der Waals surface area (Å²) in [6, 6.07) is 11.2. The lowest BCUT2D eigenvalue weighted by atomic mass is 10.1. The van der Waals surface area contributed by atoms with Crippen LogP contribution >= 0.6 is 0 Å². The molecule has 0 spiro atoms. The van der Waals surface area contributed by atoms with Crippen molar-refractivity contribution in [1.82, 2.24) is 14.6 Å². The summed E-state index contributed by atoms with van der Waals surface area (Å²) in [6.07, 6.45) is 1.32. The van der Waals surface area contributed by atoms with Crippen LogP contribution in [-0.4, -0.2) is 39.2 Å². The van der Waals surface area contributed by atoms with E-state index >= 15 is 0 Å². The molecule has 8 heteroatoms. The molecule has 1 N–H and O–H groups in total. The molecule has 2 saturated heterocycles. The summed E-state index contributed by atoms with van der Waals surface area (Å²) < 4.78 is 13.2. The second-order valence-electron chi connectivity index (χ2n) is 7.31. The van der Waals surface area contributed by atoms with E-state index in [4.69, 9.17) is 14.3 Å². The van der Waals surface area contributed by atoms with Gasteiger partial charge in [-0.15, -0.1) is 0 Å². The number of nitrogens with zero attached hydrogens (tertiary/aromatic N) is 2. The fraction of sp³-hybridized carbons (Fsp3) is 0.474. The lowest BCUT2D eigenvalue weighted by Gasteiger charge is -2.27. The maximum atomic E-state index is 12.2. The van der Waals surface area contributed by atoms with Crippen LogP contribution in [0.25, 0.3) is 0 Å². The van der Waals surface area contributed by atoms with E-state index in [1.54, 1.807) is 0 Å². The number of nitrogens with one attached hydrogen (secondary N) is 1. The van der Waals surface area contributed by atoms with Gasteiger partial charge in [0.25, 0.3) is 5.56 Å². The smallest absolute Gasteiger partial charge is 0.330 e. The van der Waals surface area contributed by atoms with E-state index in [0.29, 0.717) is 19.6 Å². The molecule has 1 aromatic heterocycles. The number of hydrogen-bond donors (Lipinski definition) is 1. The largest absolute Gasteiger partial charge is 0.348 e. The Kier molecular flexibility index (Phi) is 4.73. The average molecular weight is 373 g/mol. The van der Waals surface area contributed by atoms with Crippen LogP contribution < -0.4 is 11.2 Å². The number of hydroxylamine groups is 2. The van der Waals surface area contributed by atoms with Crippen LogP contribution in [0.5, 0.6) is 0 Å². The van der Waals surface area contributed by atoms with Gasteiger partial charge in [-0.1, -0.05) is 30.3 Å². The molecular formula is C19H23N3O5.